The number of carboxylic acids is 1. The average Bonchev–Trinajstić information content (AvgIpc) is 2.01. The quantitative estimate of drug-likeness (QED) is 0.672. The highest BCUT2D eigenvalue weighted by molar-refractivity contribution is 5.77. The molecule has 88 valence electrons. The number of rotatable bonds is 6. The predicted molar refractivity (Wildman–Crippen MR) is 57.2 cm³/mol. The Bertz CT molecular complexity index is 229. The third kappa shape index (κ3) is 4.78. The monoisotopic (exact) mass is 216 g/mol. The van der Waals surface area contributed by atoms with Crippen LogP contribution in [0.4, 0.5) is 0 Å². The van der Waals surface area contributed by atoms with E-state index in [9.17, 15) is 9.59 Å². The van der Waals surface area contributed by atoms with Gasteiger partial charge in [-0.1, -0.05) is 6.92 Å². The molecule has 5 heteroatoms. The van der Waals surface area contributed by atoms with Crippen molar-refractivity contribution in [1.29, 1.82) is 0 Å². The van der Waals surface area contributed by atoms with Crippen LogP contribution in [0.15, 0.2) is 0 Å². The zero-order valence-corrected chi connectivity index (χ0v) is 9.86. The molecule has 0 saturated heterocycles. The highest BCUT2D eigenvalue weighted by atomic mass is 16.4. The van der Waals surface area contributed by atoms with Crippen molar-refractivity contribution < 1.29 is 14.7 Å². The van der Waals surface area contributed by atoms with Gasteiger partial charge in [-0.3, -0.25) is 14.6 Å². The van der Waals surface area contributed by atoms with E-state index < -0.39 is 5.97 Å². The Hall–Kier alpha value is -1.10. The van der Waals surface area contributed by atoms with Gasteiger partial charge in [-0.05, 0) is 13.3 Å². The summed E-state index contributed by atoms with van der Waals surface area (Å²) in [5.74, 6) is -0.921. The van der Waals surface area contributed by atoms with Gasteiger partial charge in [0.1, 0.15) is 0 Å². The smallest absolute Gasteiger partial charge is 0.305 e. The summed E-state index contributed by atoms with van der Waals surface area (Å²) in [6, 6.07) is -0.309. The lowest BCUT2D eigenvalue weighted by atomic mass is 10.2. The van der Waals surface area contributed by atoms with E-state index in [1.165, 1.54) is 5.01 Å². The predicted octanol–water partition coefficient (Wildman–Crippen LogP) is 0.955. The highest BCUT2D eigenvalue weighted by Gasteiger charge is 2.23. The van der Waals surface area contributed by atoms with Crippen LogP contribution in [-0.4, -0.2) is 47.1 Å². The van der Waals surface area contributed by atoms with Crippen LogP contribution in [0, 0.1) is 0 Å². The molecular formula is C10H20N2O3. The number of carboxylic acid groups (broad SMARTS) is 1. The molecule has 0 radical (unpaired) electrons. The summed E-state index contributed by atoms with van der Waals surface area (Å²) in [6.45, 7) is 3.66. The van der Waals surface area contributed by atoms with E-state index in [0.29, 0.717) is 6.42 Å². The van der Waals surface area contributed by atoms with Crippen molar-refractivity contribution in [2.75, 3.05) is 14.1 Å². The summed E-state index contributed by atoms with van der Waals surface area (Å²) in [5, 5.41) is 11.8. The number of hydrogen-bond acceptors (Lipinski definition) is 3. The molecule has 1 atom stereocenters. The van der Waals surface area contributed by atoms with E-state index in [1.54, 1.807) is 26.0 Å². The molecule has 0 saturated carbocycles. The summed E-state index contributed by atoms with van der Waals surface area (Å²) in [6.07, 6.45) is 1.18. The number of nitrogens with zero attached hydrogens (tertiary/aromatic N) is 2. The summed E-state index contributed by atoms with van der Waals surface area (Å²) >= 11 is 0. The maximum atomic E-state index is 11.7. The van der Waals surface area contributed by atoms with Crippen molar-refractivity contribution in [1.82, 2.24) is 10.0 Å². The second-order valence-corrected chi connectivity index (χ2v) is 3.78. The van der Waals surface area contributed by atoms with Crippen LogP contribution in [0.5, 0.6) is 0 Å². The van der Waals surface area contributed by atoms with Gasteiger partial charge in [0.25, 0.3) is 0 Å². The molecule has 0 aromatic carbocycles. The first-order valence-electron chi connectivity index (χ1n) is 5.11. The van der Waals surface area contributed by atoms with E-state index in [0.717, 1.165) is 6.42 Å². The topological polar surface area (TPSA) is 60.9 Å². The molecule has 0 aliphatic carbocycles. The van der Waals surface area contributed by atoms with Gasteiger partial charge < -0.3 is 5.11 Å². The van der Waals surface area contributed by atoms with Crippen LogP contribution in [0.3, 0.4) is 0 Å². The van der Waals surface area contributed by atoms with Gasteiger partial charge in [0.2, 0.25) is 5.91 Å². The Labute approximate surface area is 90.6 Å². The van der Waals surface area contributed by atoms with Crippen LogP contribution in [0.2, 0.25) is 0 Å². The van der Waals surface area contributed by atoms with Gasteiger partial charge >= 0.3 is 5.97 Å². The lowest BCUT2D eigenvalue weighted by Gasteiger charge is -2.33. The Kier molecular flexibility index (Phi) is 5.93. The van der Waals surface area contributed by atoms with Crippen molar-refractivity contribution in [3.8, 4) is 0 Å². The Balaban J connectivity index is 4.50. The molecule has 1 N–H and O–H groups in total. The van der Waals surface area contributed by atoms with Crippen LogP contribution < -0.4 is 0 Å². The molecule has 0 heterocycles. The molecule has 0 bridgehead atoms. The van der Waals surface area contributed by atoms with Crippen molar-refractivity contribution in [2.24, 2.45) is 0 Å². The minimum atomic E-state index is -0.890. The number of hydrogen-bond donors (Lipinski definition) is 1. The van der Waals surface area contributed by atoms with Crippen molar-refractivity contribution in [2.45, 2.75) is 39.2 Å². The molecule has 0 spiro atoms. The number of carbonyl (C=O) groups excluding carboxylic acids is 1. The van der Waals surface area contributed by atoms with Crippen LogP contribution >= 0.6 is 0 Å². The van der Waals surface area contributed by atoms with E-state index in [2.05, 4.69) is 0 Å². The average molecular weight is 216 g/mol. The normalized spacial score (nSPS) is 12.6. The van der Waals surface area contributed by atoms with Gasteiger partial charge in [0, 0.05) is 20.5 Å². The molecule has 0 aromatic rings. The minimum Gasteiger partial charge on any atom is -0.481 e. The molecule has 0 aliphatic rings. The van der Waals surface area contributed by atoms with Gasteiger partial charge in [-0.25, -0.2) is 5.01 Å². The number of carbonyl (C=O) groups is 2. The van der Waals surface area contributed by atoms with Crippen molar-refractivity contribution >= 4 is 11.9 Å². The van der Waals surface area contributed by atoms with Gasteiger partial charge in [-0.2, -0.15) is 0 Å². The zero-order chi connectivity index (χ0) is 12.0. The fourth-order valence-corrected chi connectivity index (χ4v) is 1.53. The van der Waals surface area contributed by atoms with E-state index in [1.807, 2.05) is 6.92 Å². The fourth-order valence-electron chi connectivity index (χ4n) is 1.53. The van der Waals surface area contributed by atoms with Gasteiger partial charge in [0.15, 0.2) is 0 Å². The lowest BCUT2D eigenvalue weighted by molar-refractivity contribution is -0.152. The second-order valence-electron chi connectivity index (χ2n) is 3.78. The van der Waals surface area contributed by atoms with Crippen LogP contribution in [-0.2, 0) is 9.59 Å². The zero-order valence-electron chi connectivity index (χ0n) is 9.86. The van der Waals surface area contributed by atoms with Gasteiger partial charge in [0.05, 0.1) is 12.5 Å². The third-order valence-electron chi connectivity index (χ3n) is 2.04. The molecule has 0 rings (SSSR count). The Morgan fingerprint density at radius 2 is 1.87 bits per heavy atom. The lowest BCUT2D eigenvalue weighted by Crippen LogP contribution is -2.48. The first kappa shape index (κ1) is 13.9. The van der Waals surface area contributed by atoms with E-state index in [4.69, 9.17) is 5.11 Å². The number of amides is 1. The molecule has 15 heavy (non-hydrogen) atoms. The largest absolute Gasteiger partial charge is 0.481 e. The van der Waals surface area contributed by atoms with E-state index >= 15 is 0 Å². The molecule has 0 aromatic heterocycles. The summed E-state index contributed by atoms with van der Waals surface area (Å²) in [7, 11) is 3.48. The summed E-state index contributed by atoms with van der Waals surface area (Å²) in [5.41, 5.74) is 0. The highest BCUT2D eigenvalue weighted by Crippen LogP contribution is 2.09. The Morgan fingerprint density at radius 3 is 2.20 bits per heavy atom. The maximum Gasteiger partial charge on any atom is 0.305 e. The molecule has 5 nitrogen and oxygen atoms in total. The maximum absolute atomic E-state index is 11.7. The van der Waals surface area contributed by atoms with E-state index in [-0.39, 0.29) is 18.4 Å². The standard InChI is InChI=1S/C10H20N2O3/c1-5-6-9(13)12(11(3)4)8(2)7-10(14)15/h8H,5-7H2,1-4H3,(H,14,15). The molecule has 0 fully saturated rings. The van der Waals surface area contributed by atoms with Crippen LogP contribution in [0.1, 0.15) is 33.1 Å². The molecule has 0 aliphatic heterocycles. The number of hydrazine groups is 1. The van der Waals surface area contributed by atoms with Gasteiger partial charge in [-0.15, -0.1) is 0 Å². The number of aliphatic carboxylic acids is 1. The first-order valence-corrected chi connectivity index (χ1v) is 5.11. The molecule has 1 amide bonds. The fraction of sp³-hybridized carbons (Fsp3) is 0.800. The summed E-state index contributed by atoms with van der Waals surface area (Å²) in [4.78, 5) is 22.3. The Morgan fingerprint density at radius 1 is 1.33 bits per heavy atom. The van der Waals surface area contributed by atoms with Crippen LogP contribution in [0.25, 0.3) is 0 Å². The second kappa shape index (κ2) is 6.40. The first-order chi connectivity index (χ1) is 6.90. The molecule has 1 unspecified atom stereocenters. The third-order valence-corrected chi connectivity index (χ3v) is 2.04. The minimum absolute atomic E-state index is 0.0312. The van der Waals surface area contributed by atoms with Crippen molar-refractivity contribution in [3.63, 3.8) is 0 Å². The van der Waals surface area contributed by atoms with Crippen molar-refractivity contribution in [3.05, 3.63) is 0 Å². The molecular weight excluding hydrogens is 196 g/mol. The SMILES string of the molecule is CCCC(=O)N(C(C)CC(=O)O)N(C)C. The summed E-state index contributed by atoms with van der Waals surface area (Å²) < 4.78 is 0.